The maximum absolute atomic E-state index is 11.2. The molecule has 5 heteroatoms. The Morgan fingerprint density at radius 2 is 1.32 bits per heavy atom. The first-order valence-electron chi connectivity index (χ1n) is 11.4. The van der Waals surface area contributed by atoms with E-state index in [9.17, 15) is 5.11 Å². The molecule has 2 atom stereocenters. The van der Waals surface area contributed by atoms with Crippen molar-refractivity contribution in [2.45, 2.75) is 65.4 Å². The normalized spacial score (nSPS) is 13.5. The summed E-state index contributed by atoms with van der Waals surface area (Å²) in [5.41, 5.74) is 16.6. The van der Waals surface area contributed by atoms with E-state index >= 15 is 0 Å². The van der Waals surface area contributed by atoms with Gasteiger partial charge in [0, 0.05) is 11.5 Å². The highest BCUT2D eigenvalue weighted by Gasteiger charge is 2.28. The van der Waals surface area contributed by atoms with Crippen LogP contribution in [0.4, 0.5) is 11.4 Å². The first-order valence-corrected chi connectivity index (χ1v) is 11.4. The molecule has 2 rings (SSSR count). The van der Waals surface area contributed by atoms with Crippen LogP contribution in [-0.4, -0.2) is 19.3 Å². The lowest BCUT2D eigenvalue weighted by Crippen LogP contribution is -2.17. The summed E-state index contributed by atoms with van der Waals surface area (Å²) >= 11 is 0. The van der Waals surface area contributed by atoms with Crippen LogP contribution >= 0.6 is 0 Å². The number of benzene rings is 2. The zero-order chi connectivity index (χ0) is 23.1. The summed E-state index contributed by atoms with van der Waals surface area (Å²) in [5.74, 6) is 1.93. The first kappa shape index (κ1) is 24.9. The minimum atomic E-state index is -0.632. The monoisotopic (exact) mass is 428 g/mol. The second-order valence-corrected chi connectivity index (χ2v) is 8.30. The van der Waals surface area contributed by atoms with Gasteiger partial charge in [-0.3, -0.25) is 0 Å². The lowest BCUT2D eigenvalue weighted by Gasteiger charge is -2.30. The molecule has 0 bridgehead atoms. The summed E-state index contributed by atoms with van der Waals surface area (Å²) in [7, 11) is 3.26. The summed E-state index contributed by atoms with van der Waals surface area (Å²) in [6.07, 6.45) is 3.17. The van der Waals surface area contributed by atoms with Gasteiger partial charge in [-0.15, -0.1) is 0 Å². The molecule has 2 unspecified atom stereocenters. The molecule has 0 radical (unpaired) electrons. The zero-order valence-corrected chi connectivity index (χ0v) is 19.9. The van der Waals surface area contributed by atoms with E-state index in [4.69, 9.17) is 20.9 Å². The molecule has 172 valence electrons. The van der Waals surface area contributed by atoms with Crippen LogP contribution in [0.5, 0.6) is 11.5 Å². The Morgan fingerprint density at radius 3 is 1.84 bits per heavy atom. The summed E-state index contributed by atoms with van der Waals surface area (Å²) in [6.45, 7) is 8.62. The molecule has 0 saturated carbocycles. The maximum Gasteiger partial charge on any atom is 0.142 e. The first-order chi connectivity index (χ1) is 14.9. The average Bonchev–Trinajstić information content (AvgIpc) is 2.79. The highest BCUT2D eigenvalue weighted by Crippen LogP contribution is 2.44. The number of nitrogens with two attached hydrogens (primary N) is 2. The summed E-state index contributed by atoms with van der Waals surface area (Å²) in [4.78, 5) is 0. The molecule has 0 spiro atoms. The fourth-order valence-corrected chi connectivity index (χ4v) is 4.67. The van der Waals surface area contributed by atoms with Gasteiger partial charge >= 0.3 is 0 Å². The van der Waals surface area contributed by atoms with E-state index in [-0.39, 0.29) is 11.8 Å². The third-order valence-corrected chi connectivity index (χ3v) is 6.73. The molecule has 0 aliphatic carbocycles. The summed E-state index contributed by atoms with van der Waals surface area (Å²) < 4.78 is 11.1. The standard InChI is InChI=1S/C26H40N2O3/c1-7-16(8-2)24(18-11-12-21(27)22(14-18)30-5)19-13-20(25(28)23(15-19)31-6)26(29)17(9-3)10-4/h11-17,24,26,29H,7-10,27-28H2,1-6H3. The molecular formula is C26H40N2O3. The van der Waals surface area contributed by atoms with Crippen LogP contribution < -0.4 is 20.9 Å². The Bertz CT molecular complexity index is 845. The number of aliphatic hydroxyl groups is 1. The van der Waals surface area contributed by atoms with Crippen molar-refractivity contribution >= 4 is 11.4 Å². The maximum atomic E-state index is 11.2. The van der Waals surface area contributed by atoms with Crippen LogP contribution in [0, 0.1) is 11.8 Å². The van der Waals surface area contributed by atoms with Gasteiger partial charge in [-0.1, -0.05) is 65.5 Å². The SMILES string of the molecule is CCC(CC)C(O)c1cc(C(c2ccc(N)c(OC)c2)C(CC)CC)cc(OC)c1N. The van der Waals surface area contributed by atoms with Crippen molar-refractivity contribution in [3.05, 3.63) is 47.0 Å². The third kappa shape index (κ3) is 5.27. The second kappa shape index (κ2) is 11.3. The van der Waals surface area contributed by atoms with E-state index in [1.54, 1.807) is 14.2 Å². The van der Waals surface area contributed by atoms with E-state index in [0.717, 1.165) is 42.4 Å². The smallest absolute Gasteiger partial charge is 0.142 e. The zero-order valence-electron chi connectivity index (χ0n) is 19.9. The van der Waals surface area contributed by atoms with Gasteiger partial charge in [-0.05, 0) is 41.2 Å². The number of hydrogen-bond donors (Lipinski definition) is 3. The molecule has 2 aromatic rings. The van der Waals surface area contributed by atoms with Gasteiger partial charge in [0.25, 0.3) is 0 Å². The molecular weight excluding hydrogens is 388 g/mol. The number of ether oxygens (including phenoxy) is 2. The molecule has 5 N–H and O–H groups in total. The molecule has 0 heterocycles. The quantitative estimate of drug-likeness (QED) is 0.387. The lowest BCUT2D eigenvalue weighted by molar-refractivity contribution is 0.104. The van der Waals surface area contributed by atoms with E-state index in [1.165, 1.54) is 0 Å². The Balaban J connectivity index is 2.72. The van der Waals surface area contributed by atoms with Gasteiger partial charge < -0.3 is 26.0 Å². The van der Waals surface area contributed by atoms with Crippen LogP contribution in [0.2, 0.25) is 0 Å². The number of anilines is 2. The number of methoxy groups -OCH3 is 2. The van der Waals surface area contributed by atoms with E-state index in [0.29, 0.717) is 28.8 Å². The minimum absolute atomic E-state index is 0.103. The van der Waals surface area contributed by atoms with E-state index < -0.39 is 6.10 Å². The summed E-state index contributed by atoms with van der Waals surface area (Å²) in [5, 5.41) is 11.2. The van der Waals surface area contributed by atoms with Crippen molar-refractivity contribution < 1.29 is 14.6 Å². The van der Waals surface area contributed by atoms with Crippen molar-refractivity contribution in [3.8, 4) is 11.5 Å². The molecule has 0 amide bonds. The third-order valence-electron chi connectivity index (χ3n) is 6.73. The molecule has 2 aromatic carbocycles. The summed E-state index contributed by atoms with van der Waals surface area (Å²) in [6, 6.07) is 10.1. The van der Waals surface area contributed by atoms with Gasteiger partial charge in [-0.2, -0.15) is 0 Å². The predicted octanol–water partition coefficient (Wildman–Crippen LogP) is 5.91. The average molecular weight is 429 g/mol. The molecule has 0 aliphatic rings. The Morgan fingerprint density at radius 1 is 0.774 bits per heavy atom. The number of hydrogen-bond acceptors (Lipinski definition) is 5. The van der Waals surface area contributed by atoms with Crippen molar-refractivity contribution in [1.29, 1.82) is 0 Å². The Hall–Kier alpha value is -2.40. The molecule has 0 aromatic heterocycles. The number of aliphatic hydroxyl groups excluding tert-OH is 1. The Labute approximate surface area is 187 Å². The van der Waals surface area contributed by atoms with Gasteiger partial charge in [-0.25, -0.2) is 0 Å². The van der Waals surface area contributed by atoms with Crippen molar-refractivity contribution in [2.24, 2.45) is 11.8 Å². The highest BCUT2D eigenvalue weighted by molar-refractivity contribution is 5.63. The second-order valence-electron chi connectivity index (χ2n) is 8.30. The largest absolute Gasteiger partial charge is 0.495 e. The topological polar surface area (TPSA) is 90.7 Å². The van der Waals surface area contributed by atoms with Gasteiger partial charge in [0.05, 0.1) is 31.7 Å². The Kier molecular flexibility index (Phi) is 9.05. The lowest BCUT2D eigenvalue weighted by atomic mass is 9.76. The van der Waals surface area contributed by atoms with E-state index in [1.807, 2.05) is 18.2 Å². The molecule has 0 aliphatic heterocycles. The fraction of sp³-hybridized carbons (Fsp3) is 0.538. The molecule has 0 saturated heterocycles. The predicted molar refractivity (Wildman–Crippen MR) is 130 cm³/mol. The minimum Gasteiger partial charge on any atom is -0.495 e. The highest BCUT2D eigenvalue weighted by atomic mass is 16.5. The van der Waals surface area contributed by atoms with Gasteiger partial charge in [0.1, 0.15) is 11.5 Å². The van der Waals surface area contributed by atoms with Gasteiger partial charge in [0.2, 0.25) is 0 Å². The van der Waals surface area contributed by atoms with E-state index in [2.05, 4.69) is 39.8 Å². The molecule has 0 fully saturated rings. The van der Waals surface area contributed by atoms with Crippen molar-refractivity contribution in [3.63, 3.8) is 0 Å². The number of nitrogen functional groups attached to an aromatic ring is 2. The van der Waals surface area contributed by atoms with Crippen molar-refractivity contribution in [2.75, 3.05) is 25.7 Å². The van der Waals surface area contributed by atoms with Crippen LogP contribution in [0.15, 0.2) is 30.3 Å². The van der Waals surface area contributed by atoms with Crippen LogP contribution in [-0.2, 0) is 0 Å². The van der Waals surface area contributed by atoms with Crippen LogP contribution in [0.3, 0.4) is 0 Å². The van der Waals surface area contributed by atoms with Crippen LogP contribution in [0.1, 0.15) is 82.1 Å². The van der Waals surface area contributed by atoms with Gasteiger partial charge in [0.15, 0.2) is 0 Å². The molecule has 31 heavy (non-hydrogen) atoms. The van der Waals surface area contributed by atoms with Crippen molar-refractivity contribution in [1.82, 2.24) is 0 Å². The number of rotatable bonds is 11. The van der Waals surface area contributed by atoms with Crippen LogP contribution in [0.25, 0.3) is 0 Å². The fourth-order valence-electron chi connectivity index (χ4n) is 4.67. The molecule has 5 nitrogen and oxygen atoms in total.